The van der Waals surface area contributed by atoms with Crippen molar-refractivity contribution in [3.8, 4) is 0 Å². The Morgan fingerprint density at radius 2 is 2.11 bits per heavy atom. The molecule has 0 spiro atoms. The Balaban J connectivity index is 2.78. The fourth-order valence-electron chi connectivity index (χ4n) is 1.66. The average Bonchev–Trinajstić information content (AvgIpc) is 2.42. The summed E-state index contributed by atoms with van der Waals surface area (Å²) in [6, 6.07) is 5.47. The predicted molar refractivity (Wildman–Crippen MR) is 75.5 cm³/mol. The van der Waals surface area contributed by atoms with Crippen LogP contribution in [-0.4, -0.2) is 48.7 Å². The maximum Gasteiger partial charge on any atom is 0.282 e. The summed E-state index contributed by atoms with van der Waals surface area (Å²) in [6.07, 6.45) is 2.31. The van der Waals surface area contributed by atoms with Crippen LogP contribution in [0, 0.1) is 0 Å². The van der Waals surface area contributed by atoms with E-state index in [-0.39, 0.29) is 6.54 Å². The van der Waals surface area contributed by atoms with E-state index in [4.69, 9.17) is 5.73 Å². The van der Waals surface area contributed by atoms with Crippen LogP contribution in [0.15, 0.2) is 24.4 Å². The first-order chi connectivity index (χ1) is 9.02. The van der Waals surface area contributed by atoms with Gasteiger partial charge in [-0.2, -0.15) is 17.0 Å². The minimum Gasteiger partial charge on any atom is -0.330 e. The molecule has 0 radical (unpaired) electrons. The normalized spacial score (nSPS) is 12.3. The lowest BCUT2D eigenvalue weighted by atomic mass is 10.3. The van der Waals surface area contributed by atoms with Crippen LogP contribution in [0.5, 0.6) is 0 Å². The predicted octanol–water partition coefficient (Wildman–Crippen LogP) is 0.429. The van der Waals surface area contributed by atoms with E-state index in [9.17, 15) is 8.42 Å². The molecule has 0 bridgehead atoms. The molecule has 2 N–H and O–H groups in total. The van der Waals surface area contributed by atoms with Gasteiger partial charge < -0.3 is 5.73 Å². The van der Waals surface area contributed by atoms with E-state index < -0.39 is 10.2 Å². The lowest BCUT2D eigenvalue weighted by molar-refractivity contribution is 0.360. The maximum atomic E-state index is 12.4. The molecule has 0 saturated carbocycles. The second-order valence-corrected chi connectivity index (χ2v) is 6.25. The topological polar surface area (TPSA) is 79.5 Å². The number of pyridine rings is 1. The molecule has 0 aliphatic rings. The van der Waals surface area contributed by atoms with Crippen LogP contribution in [0.4, 0.5) is 0 Å². The van der Waals surface area contributed by atoms with Gasteiger partial charge in [0.05, 0.1) is 12.2 Å². The molecule has 6 nitrogen and oxygen atoms in total. The number of hydrogen-bond acceptors (Lipinski definition) is 4. The maximum absolute atomic E-state index is 12.4. The second kappa shape index (κ2) is 7.54. The minimum atomic E-state index is -3.45. The minimum absolute atomic E-state index is 0.284. The van der Waals surface area contributed by atoms with E-state index in [0.717, 1.165) is 5.69 Å². The van der Waals surface area contributed by atoms with Crippen molar-refractivity contribution in [1.82, 2.24) is 13.6 Å². The third kappa shape index (κ3) is 4.54. The summed E-state index contributed by atoms with van der Waals surface area (Å²) in [7, 11) is -1.87. The second-order valence-electron chi connectivity index (χ2n) is 4.22. The highest BCUT2D eigenvalue weighted by molar-refractivity contribution is 7.86. The summed E-state index contributed by atoms with van der Waals surface area (Å²) in [4.78, 5) is 4.16. The third-order valence-electron chi connectivity index (χ3n) is 2.81. The zero-order valence-corrected chi connectivity index (χ0v) is 12.3. The van der Waals surface area contributed by atoms with Gasteiger partial charge in [0.1, 0.15) is 0 Å². The molecule has 0 atom stereocenters. The molecule has 1 aromatic rings. The molecule has 0 aliphatic carbocycles. The summed E-state index contributed by atoms with van der Waals surface area (Å²) in [5.74, 6) is 0. The lowest BCUT2D eigenvalue weighted by Crippen LogP contribution is -2.42. The summed E-state index contributed by atoms with van der Waals surface area (Å²) in [5, 5.41) is 0. The van der Waals surface area contributed by atoms with Gasteiger partial charge in [-0.1, -0.05) is 13.0 Å². The van der Waals surface area contributed by atoms with Gasteiger partial charge >= 0.3 is 0 Å². The molecule has 1 heterocycles. The molecule has 1 rings (SSSR count). The molecule has 0 aliphatic heterocycles. The van der Waals surface area contributed by atoms with Gasteiger partial charge in [0.2, 0.25) is 0 Å². The van der Waals surface area contributed by atoms with E-state index >= 15 is 0 Å². The first-order valence-corrected chi connectivity index (χ1v) is 7.73. The van der Waals surface area contributed by atoms with Gasteiger partial charge in [-0.3, -0.25) is 4.98 Å². The van der Waals surface area contributed by atoms with Crippen LogP contribution in [-0.2, 0) is 16.8 Å². The molecule has 19 heavy (non-hydrogen) atoms. The monoisotopic (exact) mass is 286 g/mol. The first-order valence-electron chi connectivity index (χ1n) is 6.33. The van der Waals surface area contributed by atoms with E-state index in [1.807, 2.05) is 25.1 Å². The van der Waals surface area contributed by atoms with Crippen molar-refractivity contribution < 1.29 is 8.42 Å². The Labute approximate surface area is 115 Å². The van der Waals surface area contributed by atoms with Gasteiger partial charge in [0, 0.05) is 26.3 Å². The van der Waals surface area contributed by atoms with E-state index in [2.05, 4.69) is 4.98 Å². The Kier molecular flexibility index (Phi) is 6.36. The number of hydrogen-bond donors (Lipinski definition) is 1. The fraction of sp³-hybridized carbons (Fsp3) is 0.583. The van der Waals surface area contributed by atoms with Gasteiger partial charge in [0.25, 0.3) is 10.2 Å². The van der Waals surface area contributed by atoms with Crippen molar-refractivity contribution in [2.24, 2.45) is 5.73 Å². The molecular formula is C12H22N4O2S. The summed E-state index contributed by atoms with van der Waals surface area (Å²) in [6.45, 7) is 3.42. The Morgan fingerprint density at radius 3 is 2.63 bits per heavy atom. The van der Waals surface area contributed by atoms with Crippen LogP contribution in [0.1, 0.15) is 19.0 Å². The average molecular weight is 286 g/mol. The number of aromatic nitrogens is 1. The molecule has 0 amide bonds. The van der Waals surface area contributed by atoms with Crippen molar-refractivity contribution in [2.45, 2.75) is 19.9 Å². The number of rotatable bonds is 8. The molecule has 7 heteroatoms. The van der Waals surface area contributed by atoms with Gasteiger partial charge in [-0.05, 0) is 25.1 Å². The van der Waals surface area contributed by atoms with Gasteiger partial charge in [-0.25, -0.2) is 0 Å². The highest BCUT2D eigenvalue weighted by atomic mass is 32.2. The van der Waals surface area contributed by atoms with Crippen molar-refractivity contribution in [3.05, 3.63) is 30.1 Å². The van der Waals surface area contributed by atoms with Crippen molar-refractivity contribution >= 4 is 10.2 Å². The smallest absolute Gasteiger partial charge is 0.282 e. The molecule has 0 saturated heterocycles. The molecule has 1 aromatic heterocycles. The lowest BCUT2D eigenvalue weighted by Gasteiger charge is -2.26. The summed E-state index contributed by atoms with van der Waals surface area (Å²) in [5.41, 5.74) is 6.14. The summed E-state index contributed by atoms with van der Waals surface area (Å²) >= 11 is 0. The number of nitrogens with two attached hydrogens (primary N) is 1. The van der Waals surface area contributed by atoms with Crippen LogP contribution in [0.2, 0.25) is 0 Å². The first kappa shape index (κ1) is 16.0. The Morgan fingerprint density at radius 1 is 1.37 bits per heavy atom. The van der Waals surface area contributed by atoms with E-state index in [0.29, 0.717) is 26.1 Å². The number of nitrogens with zero attached hydrogens (tertiary/aromatic N) is 3. The molecule has 0 fully saturated rings. The van der Waals surface area contributed by atoms with Crippen molar-refractivity contribution in [2.75, 3.05) is 26.7 Å². The highest BCUT2D eigenvalue weighted by Crippen LogP contribution is 2.10. The van der Waals surface area contributed by atoms with Gasteiger partial charge in [0.15, 0.2) is 0 Å². The molecular weight excluding hydrogens is 264 g/mol. The molecule has 0 unspecified atom stereocenters. The highest BCUT2D eigenvalue weighted by Gasteiger charge is 2.25. The largest absolute Gasteiger partial charge is 0.330 e. The van der Waals surface area contributed by atoms with Gasteiger partial charge in [-0.15, -0.1) is 0 Å². The Hall–Kier alpha value is -1.02. The third-order valence-corrected chi connectivity index (χ3v) is 4.82. The summed E-state index contributed by atoms with van der Waals surface area (Å²) < 4.78 is 27.5. The van der Waals surface area contributed by atoms with Crippen molar-refractivity contribution in [3.63, 3.8) is 0 Å². The van der Waals surface area contributed by atoms with Crippen LogP contribution < -0.4 is 5.73 Å². The molecule has 0 aromatic carbocycles. The zero-order valence-electron chi connectivity index (χ0n) is 11.5. The van der Waals surface area contributed by atoms with E-state index in [1.165, 1.54) is 8.61 Å². The fourth-order valence-corrected chi connectivity index (χ4v) is 3.03. The van der Waals surface area contributed by atoms with Crippen molar-refractivity contribution in [1.29, 1.82) is 0 Å². The van der Waals surface area contributed by atoms with Crippen LogP contribution in [0.25, 0.3) is 0 Å². The Bertz CT molecular complexity index is 464. The van der Waals surface area contributed by atoms with Crippen LogP contribution >= 0.6 is 0 Å². The quantitative estimate of drug-likeness (QED) is 0.751. The zero-order chi connectivity index (χ0) is 14.3. The van der Waals surface area contributed by atoms with E-state index in [1.54, 1.807) is 13.2 Å². The van der Waals surface area contributed by atoms with Crippen LogP contribution in [0.3, 0.4) is 0 Å². The molecule has 108 valence electrons. The standard InChI is InChI=1S/C12H22N4O2S/c1-3-16(11-12-7-4-5-9-14-12)19(17,18)15(2)10-6-8-13/h4-5,7,9H,3,6,8,10-11,13H2,1-2H3. The SMILES string of the molecule is CCN(Cc1ccccn1)S(=O)(=O)N(C)CCCN.